The SMILES string of the molecule is NC(=S)c1ccc(NCc2ccccc2)c(Br)c1. The maximum absolute atomic E-state index is 5.59. The minimum Gasteiger partial charge on any atom is -0.389 e. The molecule has 0 saturated heterocycles. The summed E-state index contributed by atoms with van der Waals surface area (Å²) in [5.74, 6) is 0. The molecule has 0 radical (unpaired) electrons. The molecule has 0 unspecified atom stereocenters. The number of hydrogen-bond donors (Lipinski definition) is 2. The highest BCUT2D eigenvalue weighted by atomic mass is 79.9. The standard InChI is InChI=1S/C14H13BrN2S/c15-12-8-11(14(16)18)6-7-13(12)17-9-10-4-2-1-3-5-10/h1-8,17H,9H2,(H2,16,18). The highest BCUT2D eigenvalue weighted by molar-refractivity contribution is 9.10. The molecule has 2 nitrogen and oxygen atoms in total. The maximum Gasteiger partial charge on any atom is 0.104 e. The summed E-state index contributed by atoms with van der Waals surface area (Å²) in [6, 6.07) is 16.1. The molecule has 18 heavy (non-hydrogen) atoms. The summed E-state index contributed by atoms with van der Waals surface area (Å²) in [7, 11) is 0. The number of anilines is 1. The second-order valence-electron chi connectivity index (χ2n) is 3.90. The van der Waals surface area contributed by atoms with Gasteiger partial charge >= 0.3 is 0 Å². The molecule has 4 heteroatoms. The molecule has 0 heterocycles. The molecule has 2 aromatic carbocycles. The summed E-state index contributed by atoms with van der Waals surface area (Å²) in [6.45, 7) is 0.784. The van der Waals surface area contributed by atoms with Gasteiger partial charge in [-0.15, -0.1) is 0 Å². The minimum absolute atomic E-state index is 0.408. The zero-order chi connectivity index (χ0) is 13.0. The van der Waals surface area contributed by atoms with Crippen LogP contribution in [0.15, 0.2) is 53.0 Å². The molecule has 0 saturated carbocycles. The lowest BCUT2D eigenvalue weighted by molar-refractivity contribution is 1.15. The largest absolute Gasteiger partial charge is 0.389 e. The highest BCUT2D eigenvalue weighted by Crippen LogP contribution is 2.24. The monoisotopic (exact) mass is 320 g/mol. The Kier molecular flexibility index (Phi) is 4.33. The van der Waals surface area contributed by atoms with Gasteiger partial charge in [-0.25, -0.2) is 0 Å². The van der Waals surface area contributed by atoms with Crippen LogP contribution in [-0.4, -0.2) is 4.99 Å². The van der Waals surface area contributed by atoms with E-state index in [9.17, 15) is 0 Å². The average Bonchev–Trinajstić information content (AvgIpc) is 2.38. The van der Waals surface area contributed by atoms with Crippen molar-refractivity contribution in [3.8, 4) is 0 Å². The molecule has 0 bridgehead atoms. The summed E-state index contributed by atoms with van der Waals surface area (Å²) in [6.07, 6.45) is 0. The Labute approximate surface area is 120 Å². The van der Waals surface area contributed by atoms with Gasteiger partial charge in [0.15, 0.2) is 0 Å². The molecule has 0 aliphatic carbocycles. The summed E-state index contributed by atoms with van der Waals surface area (Å²) in [5, 5.41) is 3.36. The Morgan fingerprint density at radius 2 is 1.89 bits per heavy atom. The van der Waals surface area contributed by atoms with Crippen molar-refractivity contribution in [1.29, 1.82) is 0 Å². The number of halogens is 1. The van der Waals surface area contributed by atoms with Crippen LogP contribution >= 0.6 is 28.1 Å². The lowest BCUT2D eigenvalue weighted by Crippen LogP contribution is -2.09. The van der Waals surface area contributed by atoms with Crippen molar-refractivity contribution in [3.63, 3.8) is 0 Å². The van der Waals surface area contributed by atoms with Crippen molar-refractivity contribution in [2.24, 2.45) is 5.73 Å². The summed E-state index contributed by atoms with van der Waals surface area (Å²) in [5.41, 5.74) is 8.72. The van der Waals surface area contributed by atoms with E-state index in [0.29, 0.717) is 4.99 Å². The van der Waals surface area contributed by atoms with Gasteiger partial charge in [0.05, 0.1) is 0 Å². The van der Waals surface area contributed by atoms with Crippen LogP contribution in [-0.2, 0) is 6.54 Å². The minimum atomic E-state index is 0.408. The summed E-state index contributed by atoms with van der Waals surface area (Å²) in [4.78, 5) is 0.408. The third-order valence-electron chi connectivity index (χ3n) is 2.58. The normalized spacial score (nSPS) is 10.1. The second-order valence-corrected chi connectivity index (χ2v) is 5.19. The van der Waals surface area contributed by atoms with Crippen LogP contribution in [0.4, 0.5) is 5.69 Å². The average molecular weight is 321 g/mol. The molecule has 3 N–H and O–H groups in total. The number of hydrogen-bond acceptors (Lipinski definition) is 2. The Morgan fingerprint density at radius 3 is 2.50 bits per heavy atom. The van der Waals surface area contributed by atoms with Gasteiger partial charge in [-0.05, 0) is 39.7 Å². The Bertz CT molecular complexity index is 555. The summed E-state index contributed by atoms with van der Waals surface area (Å²) < 4.78 is 0.962. The number of benzene rings is 2. The number of rotatable bonds is 4. The van der Waals surface area contributed by atoms with Gasteiger partial charge in [0.25, 0.3) is 0 Å². The van der Waals surface area contributed by atoms with E-state index in [-0.39, 0.29) is 0 Å². The first-order chi connectivity index (χ1) is 8.66. The van der Waals surface area contributed by atoms with Crippen molar-refractivity contribution in [3.05, 3.63) is 64.1 Å². The van der Waals surface area contributed by atoms with Gasteiger partial charge in [0.2, 0.25) is 0 Å². The molecule has 0 aliphatic rings. The molecule has 0 aliphatic heterocycles. The quantitative estimate of drug-likeness (QED) is 0.844. The molecular weight excluding hydrogens is 308 g/mol. The first kappa shape index (κ1) is 13.1. The van der Waals surface area contributed by atoms with Crippen molar-refractivity contribution < 1.29 is 0 Å². The van der Waals surface area contributed by atoms with Gasteiger partial charge < -0.3 is 11.1 Å². The van der Waals surface area contributed by atoms with E-state index in [1.807, 2.05) is 36.4 Å². The van der Waals surface area contributed by atoms with Crippen molar-refractivity contribution in [2.75, 3.05) is 5.32 Å². The first-order valence-corrected chi connectivity index (χ1v) is 6.74. The highest BCUT2D eigenvalue weighted by Gasteiger charge is 2.03. The van der Waals surface area contributed by atoms with Gasteiger partial charge in [-0.3, -0.25) is 0 Å². The molecule has 2 rings (SSSR count). The van der Waals surface area contributed by atoms with Crippen LogP contribution in [0.3, 0.4) is 0 Å². The van der Waals surface area contributed by atoms with E-state index in [4.69, 9.17) is 18.0 Å². The van der Waals surface area contributed by atoms with E-state index in [1.165, 1.54) is 5.56 Å². The van der Waals surface area contributed by atoms with E-state index >= 15 is 0 Å². The smallest absolute Gasteiger partial charge is 0.104 e. The Balaban J connectivity index is 2.08. The first-order valence-electron chi connectivity index (χ1n) is 5.54. The second kappa shape index (κ2) is 5.98. The molecule has 0 amide bonds. The fourth-order valence-electron chi connectivity index (χ4n) is 1.60. The molecular formula is C14H13BrN2S. The topological polar surface area (TPSA) is 38.0 Å². The van der Waals surface area contributed by atoms with Crippen molar-refractivity contribution in [2.45, 2.75) is 6.54 Å². The zero-order valence-electron chi connectivity index (χ0n) is 9.69. The molecule has 0 fully saturated rings. The molecule has 0 aromatic heterocycles. The fourth-order valence-corrected chi connectivity index (χ4v) is 2.25. The van der Waals surface area contributed by atoms with Crippen molar-refractivity contribution >= 4 is 38.8 Å². The van der Waals surface area contributed by atoms with Crippen LogP contribution in [0.25, 0.3) is 0 Å². The Morgan fingerprint density at radius 1 is 1.17 bits per heavy atom. The van der Waals surface area contributed by atoms with Crippen molar-refractivity contribution in [1.82, 2.24) is 0 Å². The Hall–Kier alpha value is -1.39. The van der Waals surface area contributed by atoms with E-state index in [2.05, 4.69) is 33.4 Å². The molecule has 2 aromatic rings. The molecule has 0 atom stereocenters. The van der Waals surface area contributed by atoms with Gasteiger partial charge in [0, 0.05) is 22.3 Å². The van der Waals surface area contributed by atoms with Crippen LogP contribution in [0.5, 0.6) is 0 Å². The van der Waals surface area contributed by atoms with Crippen LogP contribution in [0, 0.1) is 0 Å². The summed E-state index contributed by atoms with van der Waals surface area (Å²) >= 11 is 8.45. The molecule has 92 valence electrons. The number of nitrogens with one attached hydrogen (secondary N) is 1. The third kappa shape index (κ3) is 3.31. The van der Waals surface area contributed by atoms with E-state index in [0.717, 1.165) is 22.3 Å². The predicted octanol–water partition coefficient (Wildman–Crippen LogP) is 3.70. The van der Waals surface area contributed by atoms with E-state index in [1.54, 1.807) is 0 Å². The van der Waals surface area contributed by atoms with Crippen LogP contribution in [0.1, 0.15) is 11.1 Å². The van der Waals surface area contributed by atoms with Gasteiger partial charge in [-0.2, -0.15) is 0 Å². The van der Waals surface area contributed by atoms with Gasteiger partial charge in [-0.1, -0.05) is 42.5 Å². The number of nitrogens with two attached hydrogens (primary N) is 1. The molecule has 0 spiro atoms. The third-order valence-corrected chi connectivity index (χ3v) is 3.47. The lowest BCUT2D eigenvalue weighted by atomic mass is 10.2. The lowest BCUT2D eigenvalue weighted by Gasteiger charge is -2.10. The maximum atomic E-state index is 5.59. The zero-order valence-corrected chi connectivity index (χ0v) is 12.1. The number of thiocarbonyl (C=S) groups is 1. The van der Waals surface area contributed by atoms with Crippen LogP contribution in [0.2, 0.25) is 0 Å². The van der Waals surface area contributed by atoms with Gasteiger partial charge in [0.1, 0.15) is 4.99 Å². The van der Waals surface area contributed by atoms with E-state index < -0.39 is 0 Å². The predicted molar refractivity (Wildman–Crippen MR) is 83.8 cm³/mol. The van der Waals surface area contributed by atoms with Crippen LogP contribution < -0.4 is 11.1 Å². The fraction of sp³-hybridized carbons (Fsp3) is 0.0714.